The van der Waals surface area contributed by atoms with Gasteiger partial charge in [0.15, 0.2) is 0 Å². The number of nitrogens with zero attached hydrogens (tertiary/aromatic N) is 2. The third-order valence-corrected chi connectivity index (χ3v) is 4.69. The molecule has 0 aliphatic rings. The van der Waals surface area contributed by atoms with Gasteiger partial charge in [-0.2, -0.15) is 12.7 Å². The van der Waals surface area contributed by atoms with Gasteiger partial charge in [-0.1, -0.05) is 6.07 Å². The summed E-state index contributed by atoms with van der Waals surface area (Å²) in [6.45, 7) is 1.58. The second kappa shape index (κ2) is 6.67. The lowest BCUT2D eigenvalue weighted by Gasteiger charge is -2.28. The molecule has 0 atom stereocenters. The van der Waals surface area contributed by atoms with Crippen LogP contribution in [0.15, 0.2) is 24.3 Å². The maximum Gasteiger partial charge on any atom is 0.304 e. The molecule has 0 radical (unpaired) electrons. The van der Waals surface area contributed by atoms with Crippen LogP contribution >= 0.6 is 0 Å². The molecule has 1 aromatic rings. The molecule has 0 aliphatic carbocycles. The minimum absolute atomic E-state index is 0.114. The Kier molecular flexibility index (Phi) is 5.46. The largest absolute Gasteiger partial charge is 0.481 e. The van der Waals surface area contributed by atoms with Crippen LogP contribution in [0.3, 0.4) is 0 Å². The molecule has 20 heavy (non-hydrogen) atoms. The second-order valence-electron chi connectivity index (χ2n) is 4.12. The van der Waals surface area contributed by atoms with Crippen molar-refractivity contribution in [2.45, 2.75) is 13.3 Å². The number of rotatable bonds is 7. The lowest BCUT2D eigenvalue weighted by molar-refractivity contribution is -0.137. The molecule has 0 amide bonds. The summed E-state index contributed by atoms with van der Waals surface area (Å²) in [6.07, 6.45) is -0.295. The molecule has 1 aromatic carbocycles. The van der Waals surface area contributed by atoms with Gasteiger partial charge in [-0.05, 0) is 25.1 Å². The smallest absolute Gasteiger partial charge is 0.304 e. The van der Waals surface area contributed by atoms with Gasteiger partial charge in [0.1, 0.15) is 5.82 Å². The van der Waals surface area contributed by atoms with Crippen molar-refractivity contribution in [3.8, 4) is 0 Å². The highest BCUT2D eigenvalue weighted by molar-refractivity contribution is 7.90. The summed E-state index contributed by atoms with van der Waals surface area (Å²) in [4.78, 5) is 10.5. The van der Waals surface area contributed by atoms with E-state index >= 15 is 0 Å². The van der Waals surface area contributed by atoms with Crippen molar-refractivity contribution in [1.82, 2.24) is 4.31 Å². The number of carboxylic acids is 1. The van der Waals surface area contributed by atoms with E-state index in [0.29, 0.717) is 0 Å². The average molecular weight is 304 g/mol. The van der Waals surface area contributed by atoms with Crippen molar-refractivity contribution in [3.63, 3.8) is 0 Å². The Morgan fingerprint density at radius 3 is 2.55 bits per heavy atom. The summed E-state index contributed by atoms with van der Waals surface area (Å²) in [5.41, 5.74) is 0.203. The zero-order valence-corrected chi connectivity index (χ0v) is 12.1. The van der Waals surface area contributed by atoms with Crippen molar-refractivity contribution in [2.24, 2.45) is 0 Å². The van der Waals surface area contributed by atoms with E-state index in [-0.39, 0.29) is 25.2 Å². The van der Waals surface area contributed by atoms with Crippen LogP contribution in [0, 0.1) is 5.82 Å². The number of carboxylic acid groups (broad SMARTS) is 1. The van der Waals surface area contributed by atoms with Gasteiger partial charge in [0.2, 0.25) is 0 Å². The monoisotopic (exact) mass is 304 g/mol. The molecule has 1 rings (SSSR count). The molecule has 0 aliphatic heterocycles. The molecule has 6 nitrogen and oxygen atoms in total. The highest BCUT2D eigenvalue weighted by Gasteiger charge is 2.26. The third-order valence-electron chi connectivity index (χ3n) is 2.70. The van der Waals surface area contributed by atoms with E-state index in [4.69, 9.17) is 5.11 Å². The maximum atomic E-state index is 13.2. The van der Waals surface area contributed by atoms with Crippen LogP contribution in [0.25, 0.3) is 0 Å². The average Bonchev–Trinajstić information content (AvgIpc) is 2.36. The fourth-order valence-electron chi connectivity index (χ4n) is 1.65. The van der Waals surface area contributed by atoms with Gasteiger partial charge in [0.25, 0.3) is 0 Å². The summed E-state index contributed by atoms with van der Waals surface area (Å²) in [5, 5.41) is 8.59. The Balaban J connectivity index is 3.00. The van der Waals surface area contributed by atoms with E-state index in [1.54, 1.807) is 6.92 Å². The predicted octanol–water partition coefficient (Wildman–Crippen LogP) is 1.30. The first kappa shape index (κ1) is 16.4. The first-order valence-electron chi connectivity index (χ1n) is 6.00. The van der Waals surface area contributed by atoms with E-state index in [0.717, 1.165) is 14.7 Å². The quantitative estimate of drug-likeness (QED) is 0.823. The molecule has 8 heteroatoms. The van der Waals surface area contributed by atoms with Gasteiger partial charge in [-0.3, -0.25) is 9.10 Å². The lowest BCUT2D eigenvalue weighted by atomic mass is 10.3. The Bertz CT molecular complexity index is 577. The minimum Gasteiger partial charge on any atom is -0.481 e. The Labute approximate surface area is 117 Å². The number of hydrogen-bond donors (Lipinski definition) is 1. The highest BCUT2D eigenvalue weighted by atomic mass is 32.2. The Hall–Kier alpha value is -1.67. The molecule has 0 bridgehead atoms. The van der Waals surface area contributed by atoms with Crippen molar-refractivity contribution >= 4 is 21.9 Å². The fourth-order valence-corrected chi connectivity index (χ4v) is 3.01. The Morgan fingerprint density at radius 1 is 1.40 bits per heavy atom. The number of halogens is 1. The van der Waals surface area contributed by atoms with Crippen LogP contribution in [0.5, 0.6) is 0 Å². The second-order valence-corrected chi connectivity index (χ2v) is 6.08. The minimum atomic E-state index is -3.88. The molecule has 0 unspecified atom stereocenters. The maximum absolute atomic E-state index is 13.2. The molecule has 0 saturated heterocycles. The summed E-state index contributed by atoms with van der Waals surface area (Å²) < 4.78 is 39.8. The van der Waals surface area contributed by atoms with Gasteiger partial charge in [0.05, 0.1) is 12.1 Å². The molecule has 0 aromatic heterocycles. The number of aliphatic carboxylic acids is 1. The molecule has 0 spiro atoms. The van der Waals surface area contributed by atoms with Gasteiger partial charge in [-0.15, -0.1) is 0 Å². The molecule has 0 saturated carbocycles. The summed E-state index contributed by atoms with van der Waals surface area (Å²) >= 11 is 0. The summed E-state index contributed by atoms with van der Waals surface area (Å²) in [7, 11) is -2.59. The van der Waals surface area contributed by atoms with Crippen LogP contribution in [0.2, 0.25) is 0 Å². The topological polar surface area (TPSA) is 77.9 Å². The zero-order valence-electron chi connectivity index (χ0n) is 11.3. The first-order chi connectivity index (χ1) is 9.28. The highest BCUT2D eigenvalue weighted by Crippen LogP contribution is 2.20. The molecule has 0 heterocycles. The molecular formula is C12H17FN2O4S. The van der Waals surface area contributed by atoms with Crippen LogP contribution in [0.1, 0.15) is 13.3 Å². The normalized spacial score (nSPS) is 11.6. The van der Waals surface area contributed by atoms with E-state index in [2.05, 4.69) is 0 Å². The summed E-state index contributed by atoms with van der Waals surface area (Å²) in [5.74, 6) is -1.62. The SMILES string of the molecule is CCN(c1cccc(F)c1)S(=O)(=O)N(C)CCC(=O)O. The number of benzene rings is 1. The van der Waals surface area contributed by atoms with E-state index in [9.17, 15) is 17.6 Å². The van der Waals surface area contributed by atoms with Crippen LogP contribution in [-0.4, -0.2) is 43.9 Å². The standard InChI is InChI=1S/C12H17FN2O4S/c1-3-15(11-6-4-5-10(13)9-11)20(18,19)14(2)8-7-12(16)17/h4-6,9H,3,7-8H2,1-2H3,(H,16,17). The van der Waals surface area contributed by atoms with E-state index in [1.807, 2.05) is 0 Å². The summed E-state index contributed by atoms with van der Waals surface area (Å²) in [6, 6.07) is 5.24. The number of hydrogen-bond acceptors (Lipinski definition) is 3. The number of anilines is 1. The molecule has 0 fully saturated rings. The van der Waals surface area contributed by atoms with Crippen LogP contribution < -0.4 is 4.31 Å². The zero-order chi connectivity index (χ0) is 15.3. The number of carbonyl (C=O) groups is 1. The van der Waals surface area contributed by atoms with E-state index in [1.165, 1.54) is 25.2 Å². The van der Waals surface area contributed by atoms with Crippen molar-refractivity contribution in [2.75, 3.05) is 24.4 Å². The lowest BCUT2D eigenvalue weighted by Crippen LogP contribution is -2.42. The van der Waals surface area contributed by atoms with Crippen molar-refractivity contribution in [1.29, 1.82) is 0 Å². The van der Waals surface area contributed by atoms with Gasteiger partial charge in [0, 0.05) is 20.1 Å². The first-order valence-corrected chi connectivity index (χ1v) is 7.40. The van der Waals surface area contributed by atoms with Crippen LogP contribution in [0.4, 0.5) is 10.1 Å². The van der Waals surface area contributed by atoms with Gasteiger partial charge < -0.3 is 5.11 Å². The fraction of sp³-hybridized carbons (Fsp3) is 0.417. The molecule has 112 valence electrons. The van der Waals surface area contributed by atoms with Gasteiger partial charge in [-0.25, -0.2) is 4.39 Å². The van der Waals surface area contributed by atoms with Crippen molar-refractivity contribution in [3.05, 3.63) is 30.1 Å². The van der Waals surface area contributed by atoms with Gasteiger partial charge >= 0.3 is 16.2 Å². The predicted molar refractivity (Wildman–Crippen MR) is 73.2 cm³/mol. The third kappa shape index (κ3) is 3.91. The Morgan fingerprint density at radius 2 is 2.05 bits per heavy atom. The van der Waals surface area contributed by atoms with Crippen LogP contribution in [-0.2, 0) is 15.0 Å². The molecular weight excluding hydrogens is 287 g/mol. The molecule has 1 N–H and O–H groups in total. The van der Waals surface area contributed by atoms with E-state index < -0.39 is 22.0 Å². The van der Waals surface area contributed by atoms with Crippen molar-refractivity contribution < 1.29 is 22.7 Å².